The third-order valence-electron chi connectivity index (χ3n) is 2.72. The number of terminal acetylenes is 1. The lowest BCUT2D eigenvalue weighted by Crippen LogP contribution is -2.08. The van der Waals surface area contributed by atoms with E-state index in [1.165, 1.54) is 0 Å². The van der Waals surface area contributed by atoms with Crippen molar-refractivity contribution in [1.29, 1.82) is 0 Å². The van der Waals surface area contributed by atoms with Gasteiger partial charge in [-0.3, -0.25) is 0 Å². The predicted molar refractivity (Wildman–Crippen MR) is 73.5 cm³/mol. The smallest absolute Gasteiger partial charge is 0.148 e. The molecule has 0 amide bonds. The van der Waals surface area contributed by atoms with Gasteiger partial charge in [0.1, 0.15) is 11.3 Å². The fourth-order valence-electron chi connectivity index (χ4n) is 1.80. The van der Waals surface area contributed by atoms with Crippen LogP contribution in [0.5, 0.6) is 0 Å². The maximum atomic E-state index is 6.07. The molecule has 1 heterocycles. The number of unbranched alkanes of at least 4 members (excludes halogenated alkanes) is 1. The van der Waals surface area contributed by atoms with Gasteiger partial charge in [-0.1, -0.05) is 12.1 Å². The molecule has 0 aliphatic rings. The van der Waals surface area contributed by atoms with Crippen molar-refractivity contribution in [2.75, 3.05) is 0 Å². The summed E-state index contributed by atoms with van der Waals surface area (Å²) < 4.78 is 6.72. The van der Waals surface area contributed by atoms with Crippen molar-refractivity contribution >= 4 is 26.9 Å². The standard InChI is InChI=1S/C14H14BrNO/c1-2-3-4-8-12(16)13-9-10-6-5-7-11(15)14(10)17-13/h1,5-7,9,12H,3-4,8,16H2. The number of halogens is 1. The van der Waals surface area contributed by atoms with E-state index in [0.29, 0.717) is 0 Å². The van der Waals surface area contributed by atoms with Gasteiger partial charge >= 0.3 is 0 Å². The van der Waals surface area contributed by atoms with Crippen molar-refractivity contribution < 1.29 is 4.42 Å². The maximum absolute atomic E-state index is 6.07. The molecule has 0 saturated heterocycles. The van der Waals surface area contributed by atoms with Crippen molar-refractivity contribution in [3.05, 3.63) is 34.5 Å². The van der Waals surface area contributed by atoms with Gasteiger partial charge in [-0.05, 0) is 40.9 Å². The molecule has 0 aliphatic heterocycles. The van der Waals surface area contributed by atoms with Gasteiger partial charge in [0.2, 0.25) is 0 Å². The number of para-hydroxylation sites is 1. The molecule has 1 aromatic heterocycles. The Bertz CT molecular complexity index is 553. The summed E-state index contributed by atoms with van der Waals surface area (Å²) in [6, 6.07) is 7.87. The predicted octanol–water partition coefficient (Wildman–Crippen LogP) is 4.00. The molecule has 2 aromatic rings. The topological polar surface area (TPSA) is 39.2 Å². The highest BCUT2D eigenvalue weighted by Gasteiger charge is 2.12. The van der Waals surface area contributed by atoms with Gasteiger partial charge < -0.3 is 10.2 Å². The van der Waals surface area contributed by atoms with E-state index in [1.54, 1.807) is 0 Å². The highest BCUT2D eigenvalue weighted by Crippen LogP contribution is 2.30. The highest BCUT2D eigenvalue weighted by molar-refractivity contribution is 9.10. The van der Waals surface area contributed by atoms with Crippen LogP contribution in [0, 0.1) is 12.3 Å². The van der Waals surface area contributed by atoms with Gasteiger partial charge in [0.05, 0.1) is 10.5 Å². The van der Waals surface area contributed by atoms with Crippen LogP contribution in [0.2, 0.25) is 0 Å². The first-order valence-corrected chi connectivity index (χ1v) is 6.38. The monoisotopic (exact) mass is 291 g/mol. The molecule has 88 valence electrons. The molecule has 1 unspecified atom stereocenters. The summed E-state index contributed by atoms with van der Waals surface area (Å²) in [4.78, 5) is 0. The van der Waals surface area contributed by atoms with E-state index in [0.717, 1.165) is 40.5 Å². The molecule has 0 bridgehead atoms. The fourth-order valence-corrected chi connectivity index (χ4v) is 2.26. The summed E-state index contributed by atoms with van der Waals surface area (Å²) in [6.45, 7) is 0. The van der Waals surface area contributed by atoms with Crippen molar-refractivity contribution in [2.24, 2.45) is 5.73 Å². The van der Waals surface area contributed by atoms with Crippen LogP contribution in [0.1, 0.15) is 31.1 Å². The van der Waals surface area contributed by atoms with Crippen LogP contribution in [-0.4, -0.2) is 0 Å². The molecular formula is C14H14BrNO. The van der Waals surface area contributed by atoms with E-state index in [-0.39, 0.29) is 6.04 Å². The zero-order chi connectivity index (χ0) is 12.3. The minimum atomic E-state index is -0.0809. The average molecular weight is 292 g/mol. The van der Waals surface area contributed by atoms with Crippen LogP contribution in [0.3, 0.4) is 0 Å². The normalized spacial score (nSPS) is 12.5. The van der Waals surface area contributed by atoms with E-state index < -0.39 is 0 Å². The molecule has 1 atom stereocenters. The Morgan fingerprint density at radius 3 is 3.00 bits per heavy atom. The number of benzene rings is 1. The Morgan fingerprint density at radius 2 is 2.29 bits per heavy atom. The summed E-state index contributed by atoms with van der Waals surface area (Å²) >= 11 is 3.46. The van der Waals surface area contributed by atoms with Crippen LogP contribution >= 0.6 is 15.9 Å². The van der Waals surface area contributed by atoms with E-state index in [1.807, 2.05) is 24.3 Å². The van der Waals surface area contributed by atoms with Gasteiger partial charge in [0, 0.05) is 11.8 Å². The van der Waals surface area contributed by atoms with Crippen LogP contribution in [0.15, 0.2) is 33.2 Å². The molecule has 0 saturated carbocycles. The Balaban J connectivity index is 2.19. The Labute approximate surface area is 109 Å². The Kier molecular flexibility index (Phi) is 3.88. The van der Waals surface area contributed by atoms with Crippen molar-refractivity contribution in [3.63, 3.8) is 0 Å². The minimum Gasteiger partial charge on any atom is -0.458 e. The molecule has 2 rings (SSSR count). The lowest BCUT2D eigenvalue weighted by Gasteiger charge is -2.06. The fraction of sp³-hybridized carbons (Fsp3) is 0.286. The number of furan rings is 1. The van der Waals surface area contributed by atoms with Gasteiger partial charge in [0.15, 0.2) is 0 Å². The molecule has 2 N–H and O–H groups in total. The lowest BCUT2D eigenvalue weighted by atomic mass is 10.1. The molecule has 0 radical (unpaired) electrons. The van der Waals surface area contributed by atoms with Crippen LogP contribution in [0.25, 0.3) is 11.0 Å². The highest BCUT2D eigenvalue weighted by atomic mass is 79.9. The number of nitrogens with two attached hydrogens (primary N) is 1. The zero-order valence-corrected chi connectivity index (χ0v) is 11.0. The molecule has 0 fully saturated rings. The first kappa shape index (κ1) is 12.2. The largest absolute Gasteiger partial charge is 0.458 e. The third kappa shape index (κ3) is 2.71. The second-order valence-electron chi connectivity index (χ2n) is 4.01. The van der Waals surface area contributed by atoms with E-state index in [2.05, 4.69) is 21.9 Å². The van der Waals surface area contributed by atoms with Gasteiger partial charge in [-0.25, -0.2) is 0 Å². The summed E-state index contributed by atoms with van der Waals surface area (Å²) in [5.74, 6) is 3.44. The quantitative estimate of drug-likeness (QED) is 0.683. The summed E-state index contributed by atoms with van der Waals surface area (Å²) in [5.41, 5.74) is 6.93. The zero-order valence-electron chi connectivity index (χ0n) is 9.45. The molecule has 1 aromatic carbocycles. The summed E-state index contributed by atoms with van der Waals surface area (Å²) in [6.07, 6.45) is 7.75. The molecule has 2 nitrogen and oxygen atoms in total. The lowest BCUT2D eigenvalue weighted by molar-refractivity contribution is 0.471. The maximum Gasteiger partial charge on any atom is 0.148 e. The van der Waals surface area contributed by atoms with E-state index >= 15 is 0 Å². The first-order valence-electron chi connectivity index (χ1n) is 5.59. The minimum absolute atomic E-state index is 0.0809. The van der Waals surface area contributed by atoms with Crippen LogP contribution < -0.4 is 5.73 Å². The molecule has 0 spiro atoms. The molecule has 0 aliphatic carbocycles. The molecule has 3 heteroatoms. The third-order valence-corrected chi connectivity index (χ3v) is 3.34. The molecule has 17 heavy (non-hydrogen) atoms. The second kappa shape index (κ2) is 5.39. The second-order valence-corrected chi connectivity index (χ2v) is 4.86. The summed E-state index contributed by atoms with van der Waals surface area (Å²) in [7, 11) is 0. The van der Waals surface area contributed by atoms with Gasteiger partial charge in [-0.2, -0.15) is 0 Å². The number of fused-ring (bicyclic) bond motifs is 1. The number of hydrogen-bond donors (Lipinski definition) is 1. The first-order chi connectivity index (χ1) is 8.22. The van der Waals surface area contributed by atoms with E-state index in [9.17, 15) is 0 Å². The number of hydrogen-bond acceptors (Lipinski definition) is 2. The van der Waals surface area contributed by atoms with Gasteiger partial charge in [-0.15, -0.1) is 12.3 Å². The van der Waals surface area contributed by atoms with Gasteiger partial charge in [0.25, 0.3) is 0 Å². The van der Waals surface area contributed by atoms with Crippen molar-refractivity contribution in [2.45, 2.75) is 25.3 Å². The van der Waals surface area contributed by atoms with Crippen molar-refractivity contribution in [3.8, 4) is 12.3 Å². The average Bonchev–Trinajstić information content (AvgIpc) is 2.75. The molecular weight excluding hydrogens is 278 g/mol. The summed E-state index contributed by atoms with van der Waals surface area (Å²) in [5, 5.41) is 1.07. The van der Waals surface area contributed by atoms with Crippen LogP contribution in [-0.2, 0) is 0 Å². The number of rotatable bonds is 4. The van der Waals surface area contributed by atoms with E-state index in [4.69, 9.17) is 16.6 Å². The SMILES string of the molecule is C#CCCCC(N)c1cc2cccc(Br)c2o1. The Hall–Kier alpha value is -1.24. The van der Waals surface area contributed by atoms with Crippen LogP contribution in [0.4, 0.5) is 0 Å². The van der Waals surface area contributed by atoms with Crippen molar-refractivity contribution in [1.82, 2.24) is 0 Å². The Morgan fingerprint density at radius 1 is 1.47 bits per heavy atom.